The Labute approximate surface area is 159 Å². The summed E-state index contributed by atoms with van der Waals surface area (Å²) in [6.45, 7) is 1.87. The average molecular weight is 417 g/mol. The number of halogens is 3. The number of nitro groups is 1. The summed E-state index contributed by atoms with van der Waals surface area (Å²) in [5.74, 6) is 0. The van der Waals surface area contributed by atoms with Crippen molar-refractivity contribution >= 4 is 21.4 Å². The predicted octanol–water partition coefficient (Wildman–Crippen LogP) is 3.70. The van der Waals surface area contributed by atoms with Gasteiger partial charge in [-0.25, -0.2) is 13.1 Å². The highest BCUT2D eigenvalue weighted by Gasteiger charge is 2.35. The summed E-state index contributed by atoms with van der Waals surface area (Å²) in [5, 5.41) is 13.2. The first kappa shape index (κ1) is 21.6. The second-order valence-corrected chi connectivity index (χ2v) is 7.74. The number of anilines is 1. The second kappa shape index (κ2) is 8.57. The molecular formula is C17H18F3N3O4S. The van der Waals surface area contributed by atoms with Gasteiger partial charge >= 0.3 is 6.18 Å². The molecule has 0 aromatic heterocycles. The lowest BCUT2D eigenvalue weighted by atomic mass is 10.1. The second-order valence-electron chi connectivity index (χ2n) is 5.98. The number of rotatable bonds is 8. The molecule has 0 radical (unpaired) electrons. The summed E-state index contributed by atoms with van der Waals surface area (Å²) in [6, 6.07) is 8.65. The molecule has 2 aromatic rings. The molecule has 0 spiro atoms. The zero-order valence-corrected chi connectivity index (χ0v) is 15.6. The fourth-order valence-corrected chi connectivity index (χ4v) is 3.43. The lowest BCUT2D eigenvalue weighted by molar-refractivity contribution is -0.385. The minimum absolute atomic E-state index is 0.0115. The van der Waals surface area contributed by atoms with Crippen molar-refractivity contribution in [2.45, 2.75) is 24.4 Å². The number of sulfonamides is 1. The van der Waals surface area contributed by atoms with Crippen LogP contribution in [0.15, 0.2) is 47.4 Å². The topological polar surface area (TPSA) is 101 Å². The summed E-state index contributed by atoms with van der Waals surface area (Å²) in [4.78, 5) is 9.87. The SMILES string of the molecule is Cc1ccc(S(=O)(=O)NCCCNc2ccc([N+](=O)[O-])cc2C(F)(F)F)cc1. The first-order valence-corrected chi connectivity index (χ1v) is 9.65. The van der Waals surface area contributed by atoms with E-state index in [0.29, 0.717) is 6.07 Å². The van der Waals surface area contributed by atoms with Crippen LogP contribution in [0.3, 0.4) is 0 Å². The van der Waals surface area contributed by atoms with Crippen LogP contribution in [0.5, 0.6) is 0 Å². The molecule has 2 rings (SSSR count). The molecular weight excluding hydrogens is 399 g/mol. The lowest BCUT2D eigenvalue weighted by Gasteiger charge is -2.14. The molecule has 0 amide bonds. The first-order chi connectivity index (χ1) is 13.0. The Morgan fingerprint density at radius 3 is 2.29 bits per heavy atom. The third-order valence-electron chi connectivity index (χ3n) is 3.81. The number of nitro benzene ring substituents is 1. The molecule has 0 saturated carbocycles. The van der Waals surface area contributed by atoms with Gasteiger partial charge in [-0.2, -0.15) is 13.2 Å². The van der Waals surface area contributed by atoms with E-state index in [-0.39, 0.29) is 30.1 Å². The van der Waals surface area contributed by atoms with Gasteiger partial charge in [0.05, 0.1) is 15.4 Å². The van der Waals surface area contributed by atoms with Gasteiger partial charge in [-0.3, -0.25) is 10.1 Å². The van der Waals surface area contributed by atoms with Gasteiger partial charge in [-0.1, -0.05) is 17.7 Å². The third kappa shape index (κ3) is 5.67. The Morgan fingerprint density at radius 1 is 1.07 bits per heavy atom. The highest BCUT2D eigenvalue weighted by atomic mass is 32.2. The van der Waals surface area contributed by atoms with E-state index in [4.69, 9.17) is 0 Å². The maximum Gasteiger partial charge on any atom is 0.418 e. The number of non-ortho nitro benzene ring substituents is 1. The largest absolute Gasteiger partial charge is 0.418 e. The molecule has 11 heteroatoms. The van der Waals surface area contributed by atoms with E-state index in [0.717, 1.165) is 17.7 Å². The van der Waals surface area contributed by atoms with Crippen LogP contribution in [0.1, 0.15) is 17.5 Å². The molecule has 2 aromatic carbocycles. The van der Waals surface area contributed by atoms with Gasteiger partial charge in [-0.15, -0.1) is 0 Å². The van der Waals surface area contributed by atoms with Gasteiger partial charge in [0.2, 0.25) is 10.0 Å². The third-order valence-corrected chi connectivity index (χ3v) is 5.29. The number of nitrogens with zero attached hydrogens (tertiary/aromatic N) is 1. The molecule has 0 saturated heterocycles. The van der Waals surface area contributed by atoms with E-state index < -0.39 is 32.4 Å². The van der Waals surface area contributed by atoms with Crippen LogP contribution in [0.25, 0.3) is 0 Å². The summed E-state index contributed by atoms with van der Waals surface area (Å²) in [7, 11) is -3.70. The summed E-state index contributed by atoms with van der Waals surface area (Å²) in [6.07, 6.45) is -4.55. The van der Waals surface area contributed by atoms with Crippen LogP contribution in [-0.2, 0) is 16.2 Å². The molecule has 7 nitrogen and oxygen atoms in total. The predicted molar refractivity (Wildman–Crippen MR) is 97.6 cm³/mol. The summed E-state index contributed by atoms with van der Waals surface area (Å²) in [5.41, 5.74) is -1.21. The molecule has 0 heterocycles. The van der Waals surface area contributed by atoms with Crippen LogP contribution in [0.4, 0.5) is 24.5 Å². The van der Waals surface area contributed by atoms with Crippen molar-refractivity contribution < 1.29 is 26.5 Å². The average Bonchev–Trinajstić information content (AvgIpc) is 2.60. The fraction of sp³-hybridized carbons (Fsp3) is 0.294. The van der Waals surface area contributed by atoms with E-state index in [1.807, 2.05) is 6.92 Å². The van der Waals surface area contributed by atoms with Crippen molar-refractivity contribution in [1.82, 2.24) is 4.72 Å². The zero-order valence-electron chi connectivity index (χ0n) is 14.8. The molecule has 0 bridgehead atoms. The van der Waals surface area contributed by atoms with Crippen molar-refractivity contribution in [3.63, 3.8) is 0 Å². The normalized spacial score (nSPS) is 12.0. The van der Waals surface area contributed by atoms with E-state index in [1.54, 1.807) is 12.1 Å². The smallest absolute Gasteiger partial charge is 0.384 e. The molecule has 28 heavy (non-hydrogen) atoms. The molecule has 0 aliphatic heterocycles. The van der Waals surface area contributed by atoms with Crippen LogP contribution >= 0.6 is 0 Å². The number of aryl methyl sites for hydroxylation is 1. The van der Waals surface area contributed by atoms with E-state index in [1.165, 1.54) is 12.1 Å². The standard InChI is InChI=1S/C17H18F3N3O4S/c1-12-3-6-14(7-4-12)28(26,27)22-10-2-9-21-16-8-5-13(23(24)25)11-15(16)17(18,19)20/h3-8,11,21-22H,2,9-10H2,1H3. The highest BCUT2D eigenvalue weighted by Crippen LogP contribution is 2.37. The van der Waals surface area contributed by atoms with Crippen molar-refractivity contribution in [2.24, 2.45) is 0 Å². The van der Waals surface area contributed by atoms with Gasteiger partial charge < -0.3 is 5.32 Å². The van der Waals surface area contributed by atoms with Gasteiger partial charge in [-0.05, 0) is 31.5 Å². The Kier molecular flexibility index (Phi) is 6.62. The molecule has 0 aliphatic rings. The maximum absolute atomic E-state index is 13.1. The van der Waals surface area contributed by atoms with Gasteiger partial charge in [0, 0.05) is 30.9 Å². The minimum atomic E-state index is -4.76. The molecule has 0 atom stereocenters. The van der Waals surface area contributed by atoms with Crippen molar-refractivity contribution in [3.8, 4) is 0 Å². The van der Waals surface area contributed by atoms with Crippen LogP contribution in [0.2, 0.25) is 0 Å². The Balaban J connectivity index is 1.95. The Bertz CT molecular complexity index is 945. The first-order valence-electron chi connectivity index (χ1n) is 8.16. The maximum atomic E-state index is 13.1. The van der Waals surface area contributed by atoms with E-state index in [2.05, 4.69) is 10.0 Å². The van der Waals surface area contributed by atoms with Gasteiger partial charge in [0.1, 0.15) is 0 Å². The zero-order chi connectivity index (χ0) is 20.9. The molecule has 0 fully saturated rings. The molecule has 2 N–H and O–H groups in total. The number of alkyl halides is 3. The quantitative estimate of drug-likeness (QED) is 0.387. The van der Waals surface area contributed by atoms with Crippen molar-refractivity contribution in [2.75, 3.05) is 18.4 Å². The lowest BCUT2D eigenvalue weighted by Crippen LogP contribution is -2.26. The van der Waals surface area contributed by atoms with Crippen molar-refractivity contribution in [1.29, 1.82) is 0 Å². The number of hydrogen-bond acceptors (Lipinski definition) is 5. The minimum Gasteiger partial charge on any atom is -0.384 e. The van der Waals surface area contributed by atoms with Crippen molar-refractivity contribution in [3.05, 3.63) is 63.7 Å². The monoisotopic (exact) mass is 417 g/mol. The van der Waals surface area contributed by atoms with Crippen LogP contribution in [0, 0.1) is 17.0 Å². The Morgan fingerprint density at radius 2 is 1.71 bits per heavy atom. The van der Waals surface area contributed by atoms with Gasteiger partial charge in [0.25, 0.3) is 5.69 Å². The van der Waals surface area contributed by atoms with E-state index >= 15 is 0 Å². The highest BCUT2D eigenvalue weighted by molar-refractivity contribution is 7.89. The summed E-state index contributed by atoms with van der Waals surface area (Å²) >= 11 is 0. The number of benzene rings is 2. The van der Waals surface area contributed by atoms with Crippen LogP contribution in [-0.4, -0.2) is 26.4 Å². The van der Waals surface area contributed by atoms with Crippen LogP contribution < -0.4 is 10.0 Å². The fourth-order valence-electron chi connectivity index (χ4n) is 2.35. The number of nitrogens with one attached hydrogen (secondary N) is 2. The molecule has 152 valence electrons. The Hall–Kier alpha value is -2.66. The van der Waals surface area contributed by atoms with Gasteiger partial charge in [0.15, 0.2) is 0 Å². The summed E-state index contributed by atoms with van der Waals surface area (Å²) < 4.78 is 65.9. The van der Waals surface area contributed by atoms with E-state index in [9.17, 15) is 31.7 Å². The molecule has 0 unspecified atom stereocenters. The molecule has 0 aliphatic carbocycles. The number of hydrogen-bond donors (Lipinski definition) is 2.